The summed E-state index contributed by atoms with van der Waals surface area (Å²) < 4.78 is 0. The van der Waals surface area contributed by atoms with Crippen LogP contribution in [-0.4, -0.2) is 30.4 Å². The summed E-state index contributed by atoms with van der Waals surface area (Å²) in [6.45, 7) is 4.12. The molecule has 0 heterocycles. The van der Waals surface area contributed by atoms with Gasteiger partial charge in [-0.1, -0.05) is 19.3 Å². The van der Waals surface area contributed by atoms with Crippen LogP contribution in [0, 0.1) is 0 Å². The van der Waals surface area contributed by atoms with E-state index in [2.05, 4.69) is 16.0 Å². The van der Waals surface area contributed by atoms with Crippen molar-refractivity contribution >= 4 is 17.5 Å². The highest BCUT2D eigenvalue weighted by Gasteiger charge is 2.15. The normalized spacial score (nSPS) is 15.3. The largest absolute Gasteiger partial charge is 0.376 e. The van der Waals surface area contributed by atoms with Gasteiger partial charge in [0.25, 0.3) is 5.91 Å². The molecule has 0 unspecified atom stereocenters. The molecular weight excluding hydrogens is 290 g/mol. The Morgan fingerprint density at radius 2 is 1.74 bits per heavy atom. The van der Waals surface area contributed by atoms with Gasteiger partial charge in [0.05, 0.1) is 6.54 Å². The van der Waals surface area contributed by atoms with Crippen molar-refractivity contribution in [3.05, 3.63) is 29.8 Å². The monoisotopic (exact) mass is 317 g/mol. The zero-order valence-electron chi connectivity index (χ0n) is 14.0. The number of amides is 2. The predicted octanol–water partition coefficient (Wildman–Crippen LogP) is 2.69. The maximum absolute atomic E-state index is 11.9. The minimum absolute atomic E-state index is 0.0264. The van der Waals surface area contributed by atoms with Gasteiger partial charge >= 0.3 is 0 Å². The minimum Gasteiger partial charge on any atom is -0.376 e. The van der Waals surface area contributed by atoms with Crippen molar-refractivity contribution in [2.75, 3.05) is 11.9 Å². The zero-order valence-corrected chi connectivity index (χ0v) is 14.0. The molecule has 1 fully saturated rings. The Labute approximate surface area is 138 Å². The van der Waals surface area contributed by atoms with E-state index in [0.717, 1.165) is 18.5 Å². The van der Waals surface area contributed by atoms with Crippen molar-refractivity contribution < 1.29 is 9.59 Å². The Morgan fingerprint density at radius 3 is 2.35 bits per heavy atom. The Morgan fingerprint density at radius 1 is 1.09 bits per heavy atom. The molecule has 1 aliphatic rings. The number of carbonyl (C=O) groups excluding carboxylic acids is 2. The minimum atomic E-state index is -0.0819. The van der Waals surface area contributed by atoms with E-state index in [9.17, 15) is 9.59 Å². The summed E-state index contributed by atoms with van der Waals surface area (Å²) in [5, 5.41) is 9.02. The Kier molecular flexibility index (Phi) is 6.44. The molecule has 5 nitrogen and oxygen atoms in total. The molecule has 0 aliphatic heterocycles. The average molecular weight is 317 g/mol. The smallest absolute Gasteiger partial charge is 0.251 e. The van der Waals surface area contributed by atoms with Gasteiger partial charge in [0.2, 0.25) is 5.91 Å². The van der Waals surface area contributed by atoms with Crippen LogP contribution in [0.3, 0.4) is 0 Å². The summed E-state index contributed by atoms with van der Waals surface area (Å²) >= 11 is 0. The number of rotatable bonds is 6. The highest BCUT2D eigenvalue weighted by Crippen LogP contribution is 2.17. The molecule has 0 aromatic heterocycles. The number of hydrogen-bond donors (Lipinski definition) is 3. The molecule has 1 aromatic carbocycles. The number of carbonyl (C=O) groups is 2. The van der Waals surface area contributed by atoms with Gasteiger partial charge in [-0.3, -0.25) is 9.59 Å². The maximum Gasteiger partial charge on any atom is 0.251 e. The summed E-state index contributed by atoms with van der Waals surface area (Å²) in [6, 6.07) is 7.62. The summed E-state index contributed by atoms with van der Waals surface area (Å²) in [4.78, 5) is 23.8. The zero-order chi connectivity index (χ0) is 16.7. The van der Waals surface area contributed by atoms with E-state index >= 15 is 0 Å². The third-order valence-corrected chi connectivity index (χ3v) is 3.99. The number of anilines is 1. The molecule has 3 N–H and O–H groups in total. The molecule has 0 radical (unpaired) electrons. The SMILES string of the molecule is CC(C)NC(=O)c1ccc(NCC(=O)NC2CCCCC2)cc1. The van der Waals surface area contributed by atoms with Crippen molar-refractivity contribution in [3.8, 4) is 0 Å². The Hall–Kier alpha value is -2.04. The van der Waals surface area contributed by atoms with Gasteiger partial charge < -0.3 is 16.0 Å². The van der Waals surface area contributed by atoms with E-state index in [4.69, 9.17) is 0 Å². The summed E-state index contributed by atoms with van der Waals surface area (Å²) in [6.07, 6.45) is 5.87. The fourth-order valence-corrected chi connectivity index (χ4v) is 2.79. The first-order chi connectivity index (χ1) is 11.0. The summed E-state index contributed by atoms with van der Waals surface area (Å²) in [5.74, 6) is -0.0554. The second-order valence-electron chi connectivity index (χ2n) is 6.46. The fraction of sp³-hybridized carbons (Fsp3) is 0.556. The van der Waals surface area contributed by atoms with Crippen LogP contribution >= 0.6 is 0 Å². The van der Waals surface area contributed by atoms with Gasteiger partial charge in [0.15, 0.2) is 0 Å². The molecule has 126 valence electrons. The van der Waals surface area contributed by atoms with Gasteiger partial charge in [-0.05, 0) is 51.0 Å². The third kappa shape index (κ3) is 5.93. The molecule has 0 spiro atoms. The van der Waals surface area contributed by atoms with Gasteiger partial charge in [-0.15, -0.1) is 0 Å². The van der Waals surface area contributed by atoms with Crippen LogP contribution in [0.4, 0.5) is 5.69 Å². The van der Waals surface area contributed by atoms with Crippen LogP contribution in [0.15, 0.2) is 24.3 Å². The molecule has 5 heteroatoms. The topological polar surface area (TPSA) is 70.2 Å². The van der Waals surface area contributed by atoms with Crippen LogP contribution in [0.25, 0.3) is 0 Å². The van der Waals surface area contributed by atoms with Crippen molar-refractivity contribution in [1.82, 2.24) is 10.6 Å². The lowest BCUT2D eigenvalue weighted by atomic mass is 9.95. The van der Waals surface area contributed by atoms with Crippen LogP contribution in [0.5, 0.6) is 0 Å². The van der Waals surface area contributed by atoms with E-state index in [1.807, 2.05) is 26.0 Å². The molecule has 0 bridgehead atoms. The third-order valence-electron chi connectivity index (χ3n) is 3.99. The lowest BCUT2D eigenvalue weighted by Gasteiger charge is -2.22. The van der Waals surface area contributed by atoms with E-state index in [-0.39, 0.29) is 24.4 Å². The lowest BCUT2D eigenvalue weighted by Crippen LogP contribution is -2.39. The van der Waals surface area contributed by atoms with Crippen LogP contribution in [-0.2, 0) is 4.79 Å². The first-order valence-electron chi connectivity index (χ1n) is 8.49. The standard InChI is InChI=1S/C18H27N3O2/c1-13(2)20-18(23)14-8-10-15(11-9-14)19-12-17(22)21-16-6-4-3-5-7-16/h8-11,13,16,19H,3-7,12H2,1-2H3,(H,20,23)(H,21,22). The number of benzene rings is 1. The van der Waals surface area contributed by atoms with E-state index in [1.54, 1.807) is 12.1 Å². The molecule has 1 aromatic rings. The van der Waals surface area contributed by atoms with Crippen LogP contribution in [0.1, 0.15) is 56.3 Å². The summed E-state index contributed by atoms with van der Waals surface area (Å²) in [7, 11) is 0. The molecule has 2 rings (SSSR count). The molecule has 0 saturated heterocycles. The van der Waals surface area contributed by atoms with Gasteiger partial charge in [0, 0.05) is 23.3 Å². The second-order valence-corrected chi connectivity index (χ2v) is 6.46. The average Bonchev–Trinajstić information content (AvgIpc) is 2.54. The lowest BCUT2D eigenvalue weighted by molar-refractivity contribution is -0.120. The molecule has 23 heavy (non-hydrogen) atoms. The van der Waals surface area contributed by atoms with E-state index in [1.165, 1.54) is 19.3 Å². The molecule has 1 saturated carbocycles. The quantitative estimate of drug-likeness (QED) is 0.755. The second kappa shape index (κ2) is 8.56. The van der Waals surface area contributed by atoms with Crippen molar-refractivity contribution in [3.63, 3.8) is 0 Å². The Bertz CT molecular complexity index is 520. The Balaban J connectivity index is 1.77. The van der Waals surface area contributed by atoms with E-state index in [0.29, 0.717) is 11.6 Å². The highest BCUT2D eigenvalue weighted by atomic mass is 16.2. The van der Waals surface area contributed by atoms with Crippen molar-refractivity contribution in [1.29, 1.82) is 0 Å². The van der Waals surface area contributed by atoms with Gasteiger partial charge in [0.1, 0.15) is 0 Å². The van der Waals surface area contributed by atoms with Gasteiger partial charge in [-0.2, -0.15) is 0 Å². The summed E-state index contributed by atoms with van der Waals surface area (Å²) in [5.41, 5.74) is 1.46. The molecule has 2 amide bonds. The van der Waals surface area contributed by atoms with E-state index < -0.39 is 0 Å². The first kappa shape index (κ1) is 17.3. The maximum atomic E-state index is 11.9. The molecule has 0 atom stereocenters. The van der Waals surface area contributed by atoms with Crippen molar-refractivity contribution in [2.24, 2.45) is 0 Å². The van der Waals surface area contributed by atoms with Crippen LogP contribution < -0.4 is 16.0 Å². The number of hydrogen-bond acceptors (Lipinski definition) is 3. The highest BCUT2D eigenvalue weighted by molar-refractivity contribution is 5.94. The van der Waals surface area contributed by atoms with Gasteiger partial charge in [-0.25, -0.2) is 0 Å². The predicted molar refractivity (Wildman–Crippen MR) is 92.5 cm³/mol. The molecular formula is C18H27N3O2. The fourth-order valence-electron chi connectivity index (χ4n) is 2.79. The van der Waals surface area contributed by atoms with Crippen LogP contribution in [0.2, 0.25) is 0 Å². The van der Waals surface area contributed by atoms with Crippen molar-refractivity contribution in [2.45, 2.75) is 58.0 Å². The first-order valence-corrected chi connectivity index (χ1v) is 8.49. The molecule has 1 aliphatic carbocycles. The number of nitrogens with one attached hydrogen (secondary N) is 3.